The lowest BCUT2D eigenvalue weighted by Gasteiger charge is -2.16. The van der Waals surface area contributed by atoms with Crippen LogP contribution < -0.4 is 10.6 Å². The molecule has 5 nitrogen and oxygen atoms in total. The van der Waals surface area contributed by atoms with Gasteiger partial charge in [0, 0.05) is 17.1 Å². The predicted molar refractivity (Wildman–Crippen MR) is 98.5 cm³/mol. The lowest BCUT2D eigenvalue weighted by Crippen LogP contribution is -2.41. The summed E-state index contributed by atoms with van der Waals surface area (Å²) in [5.74, 6) is -0.543. The first-order chi connectivity index (χ1) is 12.1. The van der Waals surface area contributed by atoms with E-state index >= 15 is 0 Å². The van der Waals surface area contributed by atoms with E-state index in [2.05, 4.69) is 15.6 Å². The van der Waals surface area contributed by atoms with Crippen LogP contribution in [-0.2, 0) is 4.79 Å². The highest BCUT2D eigenvalue weighted by Crippen LogP contribution is 2.21. The van der Waals surface area contributed by atoms with Crippen molar-refractivity contribution < 1.29 is 9.59 Å². The zero-order valence-corrected chi connectivity index (χ0v) is 14.1. The van der Waals surface area contributed by atoms with Crippen LogP contribution in [0.1, 0.15) is 22.8 Å². The Bertz CT molecular complexity index is 932. The second-order valence-corrected chi connectivity index (χ2v) is 5.87. The van der Waals surface area contributed by atoms with Crippen molar-refractivity contribution in [3.63, 3.8) is 0 Å². The van der Waals surface area contributed by atoms with E-state index in [1.807, 2.05) is 49.4 Å². The molecule has 2 amide bonds. The number of hydrogen-bond acceptors (Lipinski definition) is 3. The number of aryl methyl sites for hydroxylation is 1. The van der Waals surface area contributed by atoms with Crippen LogP contribution in [0.5, 0.6) is 0 Å². The van der Waals surface area contributed by atoms with Crippen molar-refractivity contribution in [3.05, 3.63) is 71.9 Å². The molecule has 126 valence electrons. The number of nitrogens with zero attached hydrogens (tertiary/aromatic N) is 1. The van der Waals surface area contributed by atoms with Gasteiger partial charge in [0.25, 0.3) is 5.91 Å². The molecule has 0 spiro atoms. The molecule has 25 heavy (non-hydrogen) atoms. The Morgan fingerprint density at radius 1 is 1.00 bits per heavy atom. The minimum absolute atomic E-state index is 0.264. The highest BCUT2D eigenvalue weighted by molar-refractivity contribution is 6.05. The molecule has 0 aliphatic heterocycles. The SMILES string of the molecule is Cc1ccccc1C(=O)NC(C)C(=O)Nc1cccc2ncccc12. The Kier molecular flexibility index (Phi) is 4.75. The maximum Gasteiger partial charge on any atom is 0.252 e. The average Bonchev–Trinajstić information content (AvgIpc) is 2.62. The Hall–Kier alpha value is -3.21. The summed E-state index contributed by atoms with van der Waals surface area (Å²) in [6, 6.07) is 15.9. The molecule has 0 bridgehead atoms. The maximum atomic E-state index is 12.5. The minimum Gasteiger partial charge on any atom is -0.341 e. The highest BCUT2D eigenvalue weighted by Gasteiger charge is 2.18. The number of carbonyl (C=O) groups excluding carboxylic acids is 2. The van der Waals surface area contributed by atoms with E-state index in [9.17, 15) is 9.59 Å². The quantitative estimate of drug-likeness (QED) is 0.769. The van der Waals surface area contributed by atoms with Crippen LogP contribution >= 0.6 is 0 Å². The van der Waals surface area contributed by atoms with Crippen molar-refractivity contribution in [2.75, 3.05) is 5.32 Å². The Morgan fingerprint density at radius 2 is 1.80 bits per heavy atom. The lowest BCUT2D eigenvalue weighted by molar-refractivity contribution is -0.117. The normalized spacial score (nSPS) is 11.8. The summed E-state index contributed by atoms with van der Waals surface area (Å²) in [5.41, 5.74) is 2.91. The number of amides is 2. The first-order valence-electron chi connectivity index (χ1n) is 8.07. The molecule has 1 unspecified atom stereocenters. The smallest absolute Gasteiger partial charge is 0.252 e. The van der Waals surface area contributed by atoms with Crippen molar-refractivity contribution in [2.24, 2.45) is 0 Å². The summed E-state index contributed by atoms with van der Waals surface area (Å²) in [7, 11) is 0. The Morgan fingerprint density at radius 3 is 2.60 bits per heavy atom. The third-order valence-corrected chi connectivity index (χ3v) is 4.03. The number of nitrogens with one attached hydrogen (secondary N) is 2. The van der Waals surface area contributed by atoms with E-state index in [0.29, 0.717) is 11.3 Å². The van der Waals surface area contributed by atoms with Gasteiger partial charge in [0.05, 0.1) is 11.2 Å². The zero-order chi connectivity index (χ0) is 17.8. The summed E-state index contributed by atoms with van der Waals surface area (Å²) in [5, 5.41) is 6.46. The van der Waals surface area contributed by atoms with E-state index in [4.69, 9.17) is 0 Å². The molecular formula is C20H19N3O2. The fourth-order valence-electron chi connectivity index (χ4n) is 2.62. The molecule has 1 heterocycles. The number of anilines is 1. The highest BCUT2D eigenvalue weighted by atomic mass is 16.2. The van der Waals surface area contributed by atoms with Gasteiger partial charge in [-0.2, -0.15) is 0 Å². The standard InChI is InChI=1S/C20H19N3O2/c1-13-7-3-4-8-15(13)20(25)22-14(2)19(24)23-18-11-5-10-17-16(18)9-6-12-21-17/h3-12,14H,1-2H3,(H,22,25)(H,23,24). The van der Waals surface area contributed by atoms with E-state index in [-0.39, 0.29) is 11.8 Å². The lowest BCUT2D eigenvalue weighted by atomic mass is 10.1. The van der Waals surface area contributed by atoms with Gasteiger partial charge < -0.3 is 10.6 Å². The van der Waals surface area contributed by atoms with Gasteiger partial charge in [-0.15, -0.1) is 0 Å². The topological polar surface area (TPSA) is 71.1 Å². The second kappa shape index (κ2) is 7.13. The van der Waals surface area contributed by atoms with Crippen LogP contribution in [0, 0.1) is 6.92 Å². The van der Waals surface area contributed by atoms with Crippen molar-refractivity contribution in [2.45, 2.75) is 19.9 Å². The van der Waals surface area contributed by atoms with E-state index < -0.39 is 6.04 Å². The van der Waals surface area contributed by atoms with Crippen molar-refractivity contribution >= 4 is 28.4 Å². The van der Waals surface area contributed by atoms with Gasteiger partial charge in [-0.25, -0.2) is 0 Å². The van der Waals surface area contributed by atoms with Gasteiger partial charge in [-0.3, -0.25) is 14.6 Å². The molecule has 0 saturated carbocycles. The van der Waals surface area contributed by atoms with E-state index in [1.54, 1.807) is 25.3 Å². The van der Waals surface area contributed by atoms with Crippen LogP contribution in [0.4, 0.5) is 5.69 Å². The van der Waals surface area contributed by atoms with Crippen LogP contribution in [-0.4, -0.2) is 22.8 Å². The number of hydrogen-bond donors (Lipinski definition) is 2. The molecule has 1 aromatic heterocycles. The molecule has 0 fully saturated rings. The molecule has 2 aromatic carbocycles. The number of fused-ring (bicyclic) bond motifs is 1. The third-order valence-electron chi connectivity index (χ3n) is 4.03. The average molecular weight is 333 g/mol. The van der Waals surface area contributed by atoms with Gasteiger partial charge in [-0.05, 0) is 49.7 Å². The van der Waals surface area contributed by atoms with Gasteiger partial charge in [0.15, 0.2) is 0 Å². The molecule has 0 aliphatic carbocycles. The van der Waals surface area contributed by atoms with Crippen LogP contribution in [0.15, 0.2) is 60.8 Å². The van der Waals surface area contributed by atoms with Crippen molar-refractivity contribution in [1.82, 2.24) is 10.3 Å². The Balaban J connectivity index is 1.72. The summed E-state index contributed by atoms with van der Waals surface area (Å²) in [6.45, 7) is 3.53. The third kappa shape index (κ3) is 3.66. The van der Waals surface area contributed by atoms with E-state index in [0.717, 1.165) is 16.5 Å². The molecular weight excluding hydrogens is 314 g/mol. The number of pyridine rings is 1. The monoisotopic (exact) mass is 333 g/mol. The van der Waals surface area contributed by atoms with Crippen molar-refractivity contribution in [1.29, 1.82) is 0 Å². The Labute approximate surface area is 146 Å². The fraction of sp³-hybridized carbons (Fsp3) is 0.150. The van der Waals surface area contributed by atoms with E-state index in [1.165, 1.54) is 0 Å². The minimum atomic E-state index is -0.668. The molecule has 0 radical (unpaired) electrons. The number of carbonyl (C=O) groups is 2. The van der Waals surface area contributed by atoms with Gasteiger partial charge in [-0.1, -0.05) is 24.3 Å². The molecule has 3 rings (SSSR count). The molecule has 1 atom stereocenters. The maximum absolute atomic E-state index is 12.5. The summed E-state index contributed by atoms with van der Waals surface area (Å²) in [6.07, 6.45) is 1.71. The van der Waals surface area contributed by atoms with Crippen LogP contribution in [0.3, 0.4) is 0 Å². The summed E-state index contributed by atoms with van der Waals surface area (Å²) < 4.78 is 0. The molecule has 3 aromatic rings. The first-order valence-corrected chi connectivity index (χ1v) is 8.07. The summed E-state index contributed by atoms with van der Waals surface area (Å²) in [4.78, 5) is 29.1. The zero-order valence-electron chi connectivity index (χ0n) is 14.1. The number of rotatable bonds is 4. The fourth-order valence-corrected chi connectivity index (χ4v) is 2.62. The van der Waals surface area contributed by atoms with Crippen LogP contribution in [0.25, 0.3) is 10.9 Å². The van der Waals surface area contributed by atoms with Crippen molar-refractivity contribution in [3.8, 4) is 0 Å². The molecule has 0 saturated heterocycles. The number of benzene rings is 2. The van der Waals surface area contributed by atoms with Crippen LogP contribution in [0.2, 0.25) is 0 Å². The molecule has 5 heteroatoms. The second-order valence-electron chi connectivity index (χ2n) is 5.87. The summed E-state index contributed by atoms with van der Waals surface area (Å²) >= 11 is 0. The first kappa shape index (κ1) is 16.6. The molecule has 0 aliphatic rings. The predicted octanol–water partition coefficient (Wildman–Crippen LogP) is 3.30. The van der Waals surface area contributed by atoms with Gasteiger partial charge in [0.1, 0.15) is 6.04 Å². The van der Waals surface area contributed by atoms with Gasteiger partial charge >= 0.3 is 0 Å². The largest absolute Gasteiger partial charge is 0.341 e. The molecule has 2 N–H and O–H groups in total. The van der Waals surface area contributed by atoms with Gasteiger partial charge in [0.2, 0.25) is 5.91 Å². The number of aromatic nitrogens is 1.